The number of nitrogens with one attached hydrogen (secondary N) is 1. The summed E-state index contributed by atoms with van der Waals surface area (Å²) in [4.78, 5) is 10.1. The lowest BCUT2D eigenvalue weighted by Crippen LogP contribution is -2.15. The molecule has 0 aliphatic heterocycles. The minimum absolute atomic E-state index is 0.0623. The quantitative estimate of drug-likeness (QED) is 0.357. The molecule has 0 amide bonds. The first-order chi connectivity index (χ1) is 9.16. The van der Waals surface area contributed by atoms with E-state index in [-0.39, 0.29) is 11.4 Å². The zero-order chi connectivity index (χ0) is 13.7. The van der Waals surface area contributed by atoms with Crippen LogP contribution in [-0.4, -0.2) is 24.2 Å². The van der Waals surface area contributed by atoms with Gasteiger partial charge in [0.15, 0.2) is 0 Å². The van der Waals surface area contributed by atoms with Crippen LogP contribution in [0.4, 0.5) is 17.1 Å². The SMILES string of the molecule is Nc1cc(NCCOC2CCCC2)ccc1[N+](=O)[O-]. The lowest BCUT2D eigenvalue weighted by Gasteiger charge is -2.12. The average molecular weight is 265 g/mol. The molecule has 2 rings (SSSR count). The summed E-state index contributed by atoms with van der Waals surface area (Å²) in [7, 11) is 0. The highest BCUT2D eigenvalue weighted by molar-refractivity contribution is 5.65. The van der Waals surface area contributed by atoms with Gasteiger partial charge in [0.2, 0.25) is 0 Å². The molecule has 19 heavy (non-hydrogen) atoms. The van der Waals surface area contributed by atoms with Crippen molar-refractivity contribution >= 4 is 17.1 Å². The number of nitrogens with two attached hydrogens (primary N) is 1. The minimum atomic E-state index is -0.484. The van der Waals surface area contributed by atoms with Crippen molar-refractivity contribution in [1.82, 2.24) is 0 Å². The van der Waals surface area contributed by atoms with Crippen LogP contribution in [0.25, 0.3) is 0 Å². The molecule has 1 aliphatic rings. The van der Waals surface area contributed by atoms with Crippen LogP contribution >= 0.6 is 0 Å². The Morgan fingerprint density at radius 1 is 1.42 bits per heavy atom. The summed E-state index contributed by atoms with van der Waals surface area (Å²) in [5.41, 5.74) is 6.50. The van der Waals surface area contributed by atoms with Crippen molar-refractivity contribution in [2.45, 2.75) is 31.8 Å². The van der Waals surface area contributed by atoms with Gasteiger partial charge in [-0.05, 0) is 25.0 Å². The van der Waals surface area contributed by atoms with Crippen molar-refractivity contribution in [3.05, 3.63) is 28.3 Å². The normalized spacial score (nSPS) is 15.6. The van der Waals surface area contributed by atoms with Crippen LogP contribution in [0.2, 0.25) is 0 Å². The van der Waals surface area contributed by atoms with Gasteiger partial charge in [0.25, 0.3) is 5.69 Å². The van der Waals surface area contributed by atoms with Crippen molar-refractivity contribution < 1.29 is 9.66 Å². The summed E-state index contributed by atoms with van der Waals surface area (Å²) >= 11 is 0. The second-order valence-corrected chi connectivity index (χ2v) is 4.73. The minimum Gasteiger partial charge on any atom is -0.393 e. The standard InChI is InChI=1S/C13H19N3O3/c14-12-9-10(5-6-13(12)16(17)18)15-7-8-19-11-3-1-2-4-11/h5-6,9,11,15H,1-4,7-8,14H2. The van der Waals surface area contributed by atoms with E-state index in [1.54, 1.807) is 12.1 Å². The summed E-state index contributed by atoms with van der Waals surface area (Å²) < 4.78 is 5.71. The van der Waals surface area contributed by atoms with Gasteiger partial charge in [-0.15, -0.1) is 0 Å². The molecule has 0 saturated heterocycles. The summed E-state index contributed by atoms with van der Waals surface area (Å²) in [5, 5.41) is 13.8. The number of nitro groups is 1. The Kier molecular flexibility index (Phi) is 4.57. The molecule has 0 heterocycles. The van der Waals surface area contributed by atoms with E-state index in [0.717, 1.165) is 18.5 Å². The molecule has 3 N–H and O–H groups in total. The molecule has 1 aromatic rings. The fourth-order valence-electron chi connectivity index (χ4n) is 2.31. The van der Waals surface area contributed by atoms with E-state index >= 15 is 0 Å². The van der Waals surface area contributed by atoms with Crippen LogP contribution in [0.5, 0.6) is 0 Å². The van der Waals surface area contributed by atoms with Gasteiger partial charge in [-0.1, -0.05) is 12.8 Å². The Bertz CT molecular complexity index is 445. The second kappa shape index (κ2) is 6.38. The lowest BCUT2D eigenvalue weighted by atomic mass is 10.2. The molecule has 1 saturated carbocycles. The highest BCUT2D eigenvalue weighted by Crippen LogP contribution is 2.24. The van der Waals surface area contributed by atoms with Gasteiger partial charge >= 0.3 is 0 Å². The van der Waals surface area contributed by atoms with E-state index in [4.69, 9.17) is 10.5 Å². The largest absolute Gasteiger partial charge is 0.393 e. The number of nitrogen functional groups attached to an aromatic ring is 1. The number of ether oxygens (including phenoxy) is 1. The van der Waals surface area contributed by atoms with Gasteiger partial charge in [-0.3, -0.25) is 10.1 Å². The van der Waals surface area contributed by atoms with Crippen molar-refractivity contribution in [2.24, 2.45) is 0 Å². The molecule has 1 fully saturated rings. The molecule has 1 aromatic carbocycles. The van der Waals surface area contributed by atoms with E-state index in [1.807, 2.05) is 0 Å². The molecule has 0 spiro atoms. The first kappa shape index (κ1) is 13.6. The van der Waals surface area contributed by atoms with Gasteiger partial charge in [-0.2, -0.15) is 0 Å². The fraction of sp³-hybridized carbons (Fsp3) is 0.538. The highest BCUT2D eigenvalue weighted by atomic mass is 16.6. The van der Waals surface area contributed by atoms with Crippen molar-refractivity contribution in [1.29, 1.82) is 0 Å². The van der Waals surface area contributed by atoms with Crippen LogP contribution in [0.3, 0.4) is 0 Å². The third kappa shape index (κ3) is 3.82. The zero-order valence-corrected chi connectivity index (χ0v) is 10.8. The topological polar surface area (TPSA) is 90.4 Å². The van der Waals surface area contributed by atoms with Gasteiger partial charge in [0, 0.05) is 18.3 Å². The number of hydrogen-bond acceptors (Lipinski definition) is 5. The molecular formula is C13H19N3O3. The molecule has 0 bridgehead atoms. The van der Waals surface area contributed by atoms with Crippen molar-refractivity contribution in [3.63, 3.8) is 0 Å². The van der Waals surface area contributed by atoms with E-state index in [1.165, 1.54) is 18.9 Å². The Morgan fingerprint density at radius 2 is 2.16 bits per heavy atom. The molecule has 104 valence electrons. The molecule has 1 aliphatic carbocycles. The summed E-state index contributed by atoms with van der Waals surface area (Å²) in [6.07, 6.45) is 5.24. The predicted molar refractivity (Wildman–Crippen MR) is 74.2 cm³/mol. The monoisotopic (exact) mass is 265 g/mol. The molecule has 0 radical (unpaired) electrons. The first-order valence-electron chi connectivity index (χ1n) is 6.56. The smallest absolute Gasteiger partial charge is 0.292 e. The van der Waals surface area contributed by atoms with Gasteiger partial charge in [0.1, 0.15) is 5.69 Å². The summed E-state index contributed by atoms with van der Waals surface area (Å²) in [6.45, 7) is 1.31. The van der Waals surface area contributed by atoms with Crippen LogP contribution < -0.4 is 11.1 Å². The number of benzene rings is 1. The molecule has 0 atom stereocenters. The molecule has 6 nitrogen and oxygen atoms in total. The lowest BCUT2D eigenvalue weighted by molar-refractivity contribution is -0.383. The summed E-state index contributed by atoms with van der Waals surface area (Å²) in [6, 6.07) is 4.65. The Hall–Kier alpha value is -1.82. The molecule has 0 aromatic heterocycles. The number of nitro benzene ring substituents is 1. The van der Waals surface area contributed by atoms with Crippen molar-refractivity contribution in [2.75, 3.05) is 24.2 Å². The average Bonchev–Trinajstić information content (AvgIpc) is 2.87. The molecule has 6 heteroatoms. The Morgan fingerprint density at radius 3 is 2.79 bits per heavy atom. The Labute approximate surface area is 112 Å². The maximum Gasteiger partial charge on any atom is 0.292 e. The van der Waals surface area contributed by atoms with Crippen LogP contribution in [0.15, 0.2) is 18.2 Å². The van der Waals surface area contributed by atoms with E-state index in [2.05, 4.69) is 5.32 Å². The first-order valence-corrected chi connectivity index (χ1v) is 6.56. The third-order valence-electron chi connectivity index (χ3n) is 3.31. The third-order valence-corrected chi connectivity index (χ3v) is 3.31. The number of rotatable bonds is 6. The number of hydrogen-bond donors (Lipinski definition) is 2. The molecular weight excluding hydrogens is 246 g/mol. The van der Waals surface area contributed by atoms with E-state index < -0.39 is 4.92 Å². The molecule has 0 unspecified atom stereocenters. The zero-order valence-electron chi connectivity index (χ0n) is 10.8. The van der Waals surface area contributed by atoms with Gasteiger partial charge in [-0.25, -0.2) is 0 Å². The van der Waals surface area contributed by atoms with E-state index in [9.17, 15) is 10.1 Å². The van der Waals surface area contributed by atoms with Gasteiger partial charge in [0.05, 0.1) is 17.6 Å². The van der Waals surface area contributed by atoms with Crippen molar-refractivity contribution in [3.8, 4) is 0 Å². The van der Waals surface area contributed by atoms with Crippen LogP contribution in [-0.2, 0) is 4.74 Å². The van der Waals surface area contributed by atoms with Crippen LogP contribution in [0.1, 0.15) is 25.7 Å². The second-order valence-electron chi connectivity index (χ2n) is 4.73. The number of anilines is 2. The highest BCUT2D eigenvalue weighted by Gasteiger charge is 2.15. The number of nitrogens with zero attached hydrogens (tertiary/aromatic N) is 1. The maximum atomic E-state index is 10.6. The summed E-state index contributed by atoms with van der Waals surface area (Å²) in [5.74, 6) is 0. The van der Waals surface area contributed by atoms with E-state index in [0.29, 0.717) is 19.3 Å². The van der Waals surface area contributed by atoms with Crippen LogP contribution in [0, 0.1) is 10.1 Å². The van der Waals surface area contributed by atoms with Gasteiger partial charge < -0.3 is 15.8 Å². The Balaban J connectivity index is 1.76. The maximum absolute atomic E-state index is 10.6. The predicted octanol–water partition coefficient (Wildman–Crippen LogP) is 2.55. The fourth-order valence-corrected chi connectivity index (χ4v) is 2.31.